The molecule has 0 amide bonds. The van der Waals surface area contributed by atoms with Gasteiger partial charge in [0, 0.05) is 9.13 Å². The lowest BCUT2D eigenvalue weighted by atomic mass is 10.1. The first kappa shape index (κ1) is 11.2. The van der Waals surface area contributed by atoms with Crippen LogP contribution in [0.3, 0.4) is 0 Å². The second kappa shape index (κ2) is 4.54. The van der Waals surface area contributed by atoms with Gasteiger partial charge in [0.05, 0.1) is 12.7 Å². The van der Waals surface area contributed by atoms with Crippen molar-refractivity contribution in [3.63, 3.8) is 0 Å². The van der Waals surface area contributed by atoms with Gasteiger partial charge in [-0.15, -0.1) is 0 Å². The minimum atomic E-state index is -0.427. The molecule has 0 atom stereocenters. The molecule has 0 aliphatic heterocycles. The third kappa shape index (κ3) is 2.31. The van der Waals surface area contributed by atoms with Gasteiger partial charge in [0.15, 0.2) is 5.78 Å². The average molecular weight is 304 g/mol. The van der Waals surface area contributed by atoms with Crippen molar-refractivity contribution in [3.8, 4) is 0 Å². The molecule has 0 unspecified atom stereocenters. The molecule has 1 aromatic carbocycles. The zero-order valence-electron chi connectivity index (χ0n) is 7.83. The molecule has 0 radical (unpaired) electrons. The molecule has 0 aliphatic carbocycles. The molecular weight excluding hydrogens is 295 g/mol. The third-order valence-electron chi connectivity index (χ3n) is 1.77. The fourth-order valence-corrected chi connectivity index (χ4v) is 1.76. The fraction of sp³-hybridized carbons (Fsp3) is 0.200. The molecule has 1 rings (SSSR count). The molecule has 4 heteroatoms. The highest BCUT2D eigenvalue weighted by molar-refractivity contribution is 14.1. The SMILES string of the molecule is COC(=O)c1ccc(I)c(C(C)=O)c1. The van der Waals surface area contributed by atoms with E-state index < -0.39 is 5.97 Å². The largest absolute Gasteiger partial charge is 0.465 e. The van der Waals surface area contributed by atoms with Crippen LogP contribution in [0.15, 0.2) is 18.2 Å². The Morgan fingerprint density at radius 1 is 1.36 bits per heavy atom. The summed E-state index contributed by atoms with van der Waals surface area (Å²) in [5.74, 6) is -0.482. The van der Waals surface area contributed by atoms with Crippen molar-refractivity contribution in [2.75, 3.05) is 7.11 Å². The van der Waals surface area contributed by atoms with E-state index in [9.17, 15) is 9.59 Å². The zero-order chi connectivity index (χ0) is 10.7. The van der Waals surface area contributed by atoms with Gasteiger partial charge in [-0.25, -0.2) is 4.79 Å². The molecule has 0 aromatic heterocycles. The van der Waals surface area contributed by atoms with E-state index in [2.05, 4.69) is 27.3 Å². The Kier molecular flexibility index (Phi) is 3.62. The van der Waals surface area contributed by atoms with Gasteiger partial charge >= 0.3 is 5.97 Å². The van der Waals surface area contributed by atoms with E-state index >= 15 is 0 Å². The smallest absolute Gasteiger partial charge is 0.337 e. The zero-order valence-corrected chi connectivity index (χ0v) is 9.99. The number of Topliss-reactive ketones (excluding diaryl/α,β-unsaturated/α-hetero) is 1. The van der Waals surface area contributed by atoms with Crippen LogP contribution in [0.2, 0.25) is 0 Å². The van der Waals surface area contributed by atoms with Crippen molar-refractivity contribution in [2.24, 2.45) is 0 Å². The molecule has 0 bridgehead atoms. The van der Waals surface area contributed by atoms with Crippen LogP contribution in [0.5, 0.6) is 0 Å². The topological polar surface area (TPSA) is 43.4 Å². The van der Waals surface area contributed by atoms with Crippen molar-refractivity contribution >= 4 is 34.3 Å². The lowest BCUT2D eigenvalue weighted by molar-refractivity contribution is 0.0600. The lowest BCUT2D eigenvalue weighted by Gasteiger charge is -2.03. The highest BCUT2D eigenvalue weighted by Gasteiger charge is 2.10. The summed E-state index contributed by atoms with van der Waals surface area (Å²) < 4.78 is 5.39. The van der Waals surface area contributed by atoms with Crippen LogP contribution in [0, 0.1) is 3.57 Å². The van der Waals surface area contributed by atoms with Gasteiger partial charge in [-0.1, -0.05) is 0 Å². The molecule has 0 fully saturated rings. The normalized spacial score (nSPS) is 9.64. The molecular formula is C10H9IO3. The van der Waals surface area contributed by atoms with E-state index in [1.165, 1.54) is 14.0 Å². The summed E-state index contributed by atoms with van der Waals surface area (Å²) >= 11 is 2.05. The van der Waals surface area contributed by atoms with E-state index in [1.54, 1.807) is 18.2 Å². The average Bonchev–Trinajstić information content (AvgIpc) is 2.17. The van der Waals surface area contributed by atoms with Gasteiger partial charge in [-0.2, -0.15) is 0 Å². The van der Waals surface area contributed by atoms with Gasteiger partial charge in [0.1, 0.15) is 0 Å². The summed E-state index contributed by atoms with van der Waals surface area (Å²) in [6.07, 6.45) is 0. The van der Waals surface area contributed by atoms with Crippen LogP contribution < -0.4 is 0 Å². The maximum absolute atomic E-state index is 11.2. The van der Waals surface area contributed by atoms with E-state index in [0.717, 1.165) is 3.57 Å². The number of benzene rings is 1. The molecule has 74 valence electrons. The Morgan fingerprint density at radius 2 is 2.00 bits per heavy atom. The van der Waals surface area contributed by atoms with Gasteiger partial charge in [0.2, 0.25) is 0 Å². The Balaban J connectivity index is 3.19. The maximum Gasteiger partial charge on any atom is 0.337 e. The second-order valence-electron chi connectivity index (χ2n) is 2.74. The first-order chi connectivity index (χ1) is 6.56. The van der Waals surface area contributed by atoms with Crippen LogP contribution in [0.1, 0.15) is 27.6 Å². The van der Waals surface area contributed by atoms with Crippen LogP contribution >= 0.6 is 22.6 Å². The Hall–Kier alpha value is -0.910. The molecule has 0 aliphatic rings. The number of halogens is 1. The minimum Gasteiger partial charge on any atom is -0.465 e. The van der Waals surface area contributed by atoms with Gasteiger partial charge < -0.3 is 4.74 Å². The van der Waals surface area contributed by atoms with E-state index in [4.69, 9.17) is 0 Å². The predicted octanol–water partition coefficient (Wildman–Crippen LogP) is 2.28. The van der Waals surface area contributed by atoms with Crippen molar-refractivity contribution in [3.05, 3.63) is 32.9 Å². The van der Waals surface area contributed by atoms with Crippen molar-refractivity contribution < 1.29 is 14.3 Å². The van der Waals surface area contributed by atoms with E-state index in [0.29, 0.717) is 11.1 Å². The van der Waals surface area contributed by atoms with Gasteiger partial charge in [-0.05, 0) is 47.7 Å². The van der Waals surface area contributed by atoms with Crippen LogP contribution in [-0.4, -0.2) is 18.9 Å². The number of ketones is 1. The third-order valence-corrected chi connectivity index (χ3v) is 2.71. The number of carbonyl (C=O) groups is 2. The summed E-state index contributed by atoms with van der Waals surface area (Å²) in [5.41, 5.74) is 0.951. The number of esters is 1. The van der Waals surface area contributed by atoms with Crippen LogP contribution in [0.4, 0.5) is 0 Å². The highest BCUT2D eigenvalue weighted by atomic mass is 127. The van der Waals surface area contributed by atoms with Crippen molar-refractivity contribution in [2.45, 2.75) is 6.92 Å². The fourth-order valence-electron chi connectivity index (χ4n) is 1.04. The highest BCUT2D eigenvalue weighted by Crippen LogP contribution is 2.15. The monoisotopic (exact) mass is 304 g/mol. The first-order valence-corrected chi connectivity index (χ1v) is 5.03. The summed E-state index contributed by atoms with van der Waals surface area (Å²) in [4.78, 5) is 22.3. The molecule has 0 spiro atoms. The number of methoxy groups -OCH3 is 1. The van der Waals surface area contributed by atoms with Crippen LogP contribution in [0.25, 0.3) is 0 Å². The summed E-state index contributed by atoms with van der Waals surface area (Å²) in [6.45, 7) is 1.47. The van der Waals surface area contributed by atoms with Gasteiger partial charge in [-0.3, -0.25) is 4.79 Å². The number of carbonyl (C=O) groups excluding carboxylic acids is 2. The Bertz CT molecular complexity index is 385. The second-order valence-corrected chi connectivity index (χ2v) is 3.90. The lowest BCUT2D eigenvalue weighted by Crippen LogP contribution is -2.04. The molecule has 3 nitrogen and oxygen atoms in total. The van der Waals surface area contributed by atoms with Crippen LogP contribution in [-0.2, 0) is 4.74 Å². The molecule has 14 heavy (non-hydrogen) atoms. The standard InChI is InChI=1S/C10H9IO3/c1-6(12)8-5-7(10(13)14-2)3-4-9(8)11/h3-5H,1-2H3. The Labute approximate surface area is 95.6 Å². The molecule has 0 heterocycles. The first-order valence-electron chi connectivity index (χ1n) is 3.95. The van der Waals surface area contributed by atoms with Crippen molar-refractivity contribution in [1.82, 2.24) is 0 Å². The minimum absolute atomic E-state index is 0.0554. The van der Waals surface area contributed by atoms with Crippen molar-refractivity contribution in [1.29, 1.82) is 0 Å². The molecule has 0 saturated heterocycles. The quantitative estimate of drug-likeness (QED) is 0.478. The summed E-state index contributed by atoms with van der Waals surface area (Å²) in [6, 6.07) is 4.92. The Morgan fingerprint density at radius 3 is 2.50 bits per heavy atom. The van der Waals surface area contributed by atoms with E-state index in [-0.39, 0.29) is 5.78 Å². The molecule has 1 aromatic rings. The number of rotatable bonds is 2. The molecule has 0 saturated carbocycles. The van der Waals surface area contributed by atoms with Gasteiger partial charge in [0.25, 0.3) is 0 Å². The molecule has 0 N–H and O–H groups in total. The summed E-state index contributed by atoms with van der Waals surface area (Å²) in [7, 11) is 1.31. The number of ether oxygens (including phenoxy) is 1. The summed E-state index contributed by atoms with van der Waals surface area (Å²) in [5, 5.41) is 0. The van der Waals surface area contributed by atoms with E-state index in [1.807, 2.05) is 0 Å². The maximum atomic E-state index is 11.2. The predicted molar refractivity (Wildman–Crippen MR) is 60.5 cm³/mol. The number of hydrogen-bond acceptors (Lipinski definition) is 3. The number of hydrogen-bond donors (Lipinski definition) is 0.